The Morgan fingerprint density at radius 1 is 0.509 bits per heavy atom. The highest BCUT2D eigenvalue weighted by Gasteiger charge is 2.50. The monoisotopic (exact) mass is 722 g/mol. The Morgan fingerprint density at radius 3 is 1.43 bits per heavy atom. The molecule has 53 heavy (non-hydrogen) atoms. The van der Waals surface area contributed by atoms with Crippen LogP contribution in [-0.4, -0.2) is 63.7 Å². The molecule has 10 heteroatoms. The topological polar surface area (TPSA) is 103 Å². The van der Waals surface area contributed by atoms with Crippen LogP contribution in [0.5, 0.6) is 28.7 Å². The molecule has 1 N–H and O–H groups in total. The number of methoxy groups -OCH3 is 3. The molecule has 0 saturated carbocycles. The van der Waals surface area contributed by atoms with Crippen LogP contribution in [-0.2, 0) is 50.1 Å². The minimum atomic E-state index is -1.14. The van der Waals surface area contributed by atoms with Gasteiger partial charge in [-0.3, -0.25) is 0 Å². The van der Waals surface area contributed by atoms with Crippen molar-refractivity contribution in [2.45, 2.75) is 57.1 Å². The Hall–Kier alpha value is -5.10. The van der Waals surface area contributed by atoms with Crippen LogP contribution in [0.15, 0.2) is 127 Å². The van der Waals surface area contributed by atoms with Gasteiger partial charge < -0.3 is 47.7 Å². The quantitative estimate of drug-likeness (QED) is 0.0979. The fourth-order valence-corrected chi connectivity index (χ4v) is 6.19. The number of ether oxygens (including phenoxy) is 9. The molecule has 10 nitrogen and oxygen atoms in total. The van der Waals surface area contributed by atoms with Crippen molar-refractivity contribution in [2.75, 3.05) is 27.9 Å². The summed E-state index contributed by atoms with van der Waals surface area (Å²) in [6, 6.07) is 40.9. The van der Waals surface area contributed by atoms with Crippen LogP contribution in [0.3, 0.4) is 0 Å². The van der Waals surface area contributed by atoms with Gasteiger partial charge in [-0.1, -0.05) is 121 Å². The molecular weight excluding hydrogens is 676 g/mol. The molecule has 0 radical (unpaired) electrons. The molecule has 1 heterocycles. The molecule has 0 aliphatic carbocycles. The first-order chi connectivity index (χ1) is 26.1. The average Bonchev–Trinajstić information content (AvgIpc) is 3.21. The molecule has 1 fully saturated rings. The van der Waals surface area contributed by atoms with E-state index >= 15 is 0 Å². The molecule has 1 aliphatic heterocycles. The van der Waals surface area contributed by atoms with Crippen molar-refractivity contribution < 1.29 is 47.7 Å². The fraction of sp³-hybridized carbons (Fsp3) is 0.302. The highest BCUT2D eigenvalue weighted by atomic mass is 16.7. The van der Waals surface area contributed by atoms with Gasteiger partial charge in [0, 0.05) is 6.07 Å². The summed E-state index contributed by atoms with van der Waals surface area (Å²) in [5.41, 5.74) is 3.91. The highest BCUT2D eigenvalue weighted by molar-refractivity contribution is 5.65. The maximum atomic E-state index is 11.3. The van der Waals surface area contributed by atoms with E-state index in [-0.39, 0.29) is 55.2 Å². The van der Waals surface area contributed by atoms with E-state index in [1.54, 1.807) is 0 Å². The molecular formula is C43H46O10. The zero-order valence-corrected chi connectivity index (χ0v) is 30.2. The summed E-state index contributed by atoms with van der Waals surface area (Å²) in [5.74, 6) is 0.366. The normalized spacial score (nSPS) is 19.7. The number of phenolic OH excluding ortho intramolecular Hbond substituents is 1. The molecule has 0 amide bonds. The molecule has 278 valence electrons. The van der Waals surface area contributed by atoms with Gasteiger partial charge >= 0.3 is 0 Å². The van der Waals surface area contributed by atoms with Crippen LogP contribution in [0, 0.1) is 0 Å². The van der Waals surface area contributed by atoms with E-state index in [9.17, 15) is 5.11 Å². The lowest BCUT2D eigenvalue weighted by Crippen LogP contribution is -2.62. The standard InChI is InChI=1S/C43H46O10/c1-45-35-24-34(44)37(40(47-3)38(35)46-2)53-43-42(51-28-33-22-14-7-15-23-33)41(50-27-32-20-12-6-13-21-32)39(49-26-31-18-10-5-11-19-31)36(52-43)29-48-25-30-16-8-4-9-17-30/h4-24,36,39,41-44H,25-29H2,1-3H3/t36-,39-,41+,42+,43-/m1/s1. The van der Waals surface area contributed by atoms with Crippen molar-refractivity contribution >= 4 is 0 Å². The van der Waals surface area contributed by atoms with E-state index in [1.165, 1.54) is 27.4 Å². The molecule has 0 aromatic heterocycles. The van der Waals surface area contributed by atoms with Gasteiger partial charge in [-0.05, 0) is 22.3 Å². The molecule has 5 atom stereocenters. The van der Waals surface area contributed by atoms with E-state index in [0.717, 1.165) is 22.3 Å². The molecule has 5 aromatic rings. The van der Waals surface area contributed by atoms with E-state index in [0.29, 0.717) is 6.61 Å². The second-order valence-corrected chi connectivity index (χ2v) is 12.4. The summed E-state index contributed by atoms with van der Waals surface area (Å²) < 4.78 is 56.7. The van der Waals surface area contributed by atoms with Crippen LogP contribution in [0.25, 0.3) is 0 Å². The lowest BCUT2D eigenvalue weighted by Gasteiger charge is -2.45. The van der Waals surface area contributed by atoms with E-state index in [1.807, 2.05) is 121 Å². The lowest BCUT2D eigenvalue weighted by molar-refractivity contribution is -0.310. The smallest absolute Gasteiger partial charge is 0.229 e. The van der Waals surface area contributed by atoms with E-state index in [4.69, 9.17) is 42.6 Å². The number of rotatable bonds is 18. The van der Waals surface area contributed by atoms with Gasteiger partial charge in [0.2, 0.25) is 23.5 Å². The van der Waals surface area contributed by atoms with E-state index < -0.39 is 30.7 Å². The van der Waals surface area contributed by atoms with Crippen molar-refractivity contribution in [3.8, 4) is 28.7 Å². The van der Waals surface area contributed by atoms with Crippen molar-refractivity contribution in [3.63, 3.8) is 0 Å². The highest BCUT2D eigenvalue weighted by Crippen LogP contribution is 2.50. The fourth-order valence-electron chi connectivity index (χ4n) is 6.19. The maximum absolute atomic E-state index is 11.3. The maximum Gasteiger partial charge on any atom is 0.229 e. The molecule has 0 unspecified atom stereocenters. The third-order valence-corrected chi connectivity index (χ3v) is 8.84. The minimum absolute atomic E-state index is 0.0159. The first-order valence-corrected chi connectivity index (χ1v) is 17.5. The Labute approximate surface area is 310 Å². The predicted molar refractivity (Wildman–Crippen MR) is 198 cm³/mol. The Kier molecular flexibility index (Phi) is 13.6. The number of benzene rings is 5. The molecule has 5 aromatic carbocycles. The molecule has 1 aliphatic rings. The third-order valence-electron chi connectivity index (χ3n) is 8.84. The molecule has 0 bridgehead atoms. The number of phenols is 1. The second kappa shape index (κ2) is 19.1. The number of hydrogen-bond acceptors (Lipinski definition) is 10. The van der Waals surface area contributed by atoms with Gasteiger partial charge in [0.05, 0.1) is 54.4 Å². The lowest BCUT2D eigenvalue weighted by atomic mass is 9.97. The van der Waals surface area contributed by atoms with Crippen LogP contribution < -0.4 is 18.9 Å². The first kappa shape index (κ1) is 37.7. The number of hydrogen-bond donors (Lipinski definition) is 1. The summed E-state index contributed by atoms with van der Waals surface area (Å²) >= 11 is 0. The van der Waals surface area contributed by atoms with Crippen LogP contribution >= 0.6 is 0 Å². The Bertz CT molecular complexity index is 1810. The van der Waals surface area contributed by atoms with E-state index in [2.05, 4.69) is 0 Å². The van der Waals surface area contributed by atoms with Gasteiger partial charge in [0.1, 0.15) is 24.4 Å². The van der Waals surface area contributed by atoms with Gasteiger partial charge in [-0.25, -0.2) is 0 Å². The zero-order valence-electron chi connectivity index (χ0n) is 30.2. The van der Waals surface area contributed by atoms with Crippen molar-refractivity contribution in [2.24, 2.45) is 0 Å². The summed E-state index contributed by atoms with van der Waals surface area (Å²) in [4.78, 5) is 0. The largest absolute Gasteiger partial charge is 0.504 e. The van der Waals surface area contributed by atoms with Crippen LogP contribution in [0.4, 0.5) is 0 Å². The summed E-state index contributed by atoms with van der Waals surface area (Å²) in [7, 11) is 4.40. The zero-order chi connectivity index (χ0) is 36.8. The van der Waals surface area contributed by atoms with Crippen molar-refractivity contribution in [1.29, 1.82) is 0 Å². The summed E-state index contributed by atoms with van der Waals surface area (Å²) in [5, 5.41) is 11.3. The van der Waals surface area contributed by atoms with Crippen molar-refractivity contribution in [3.05, 3.63) is 150 Å². The summed E-state index contributed by atoms with van der Waals surface area (Å²) in [6.07, 6.45) is -4.11. The Morgan fingerprint density at radius 2 is 0.962 bits per heavy atom. The van der Waals surface area contributed by atoms with Crippen LogP contribution in [0.2, 0.25) is 0 Å². The average molecular weight is 723 g/mol. The predicted octanol–water partition coefficient (Wildman–Crippen LogP) is 7.49. The van der Waals surface area contributed by atoms with Crippen LogP contribution in [0.1, 0.15) is 22.3 Å². The second-order valence-electron chi connectivity index (χ2n) is 12.4. The SMILES string of the molecule is COc1cc(O)c(O[C@H]2O[C@H](COCc3ccccc3)[C@@H](OCc3ccccc3)[C@H](OCc3ccccc3)[C@@H]2OCc2ccccc2)c(OC)c1OC. The van der Waals surface area contributed by atoms with Gasteiger partial charge in [0.25, 0.3) is 0 Å². The molecule has 1 saturated heterocycles. The number of aromatic hydroxyl groups is 1. The first-order valence-electron chi connectivity index (χ1n) is 17.5. The van der Waals surface area contributed by atoms with Crippen molar-refractivity contribution in [1.82, 2.24) is 0 Å². The Balaban J connectivity index is 1.39. The molecule has 0 spiro atoms. The minimum Gasteiger partial charge on any atom is -0.504 e. The van der Waals surface area contributed by atoms with Gasteiger partial charge in [0.15, 0.2) is 11.5 Å². The summed E-state index contributed by atoms with van der Waals surface area (Å²) in [6.45, 7) is 1.26. The van der Waals surface area contributed by atoms with Gasteiger partial charge in [-0.2, -0.15) is 0 Å². The van der Waals surface area contributed by atoms with Gasteiger partial charge in [-0.15, -0.1) is 0 Å². The molecule has 6 rings (SSSR count). The third kappa shape index (κ3) is 9.87.